The first kappa shape index (κ1) is 21.2. The summed E-state index contributed by atoms with van der Waals surface area (Å²) in [4.78, 5) is 23.0. The molecule has 150 valence electrons. The van der Waals surface area contributed by atoms with E-state index >= 15 is 0 Å². The molecule has 0 saturated carbocycles. The van der Waals surface area contributed by atoms with Crippen LogP contribution in [0.4, 0.5) is 0 Å². The normalized spacial score (nSPS) is 34.6. The van der Waals surface area contributed by atoms with Crippen LogP contribution in [0.5, 0.6) is 0 Å². The first-order chi connectivity index (χ1) is 12.4. The van der Waals surface area contributed by atoms with E-state index in [2.05, 4.69) is 10.6 Å². The number of aliphatic hydroxyl groups is 2. The summed E-state index contributed by atoms with van der Waals surface area (Å²) in [5, 5.41) is 26.4. The van der Waals surface area contributed by atoms with Crippen molar-refractivity contribution in [2.45, 2.75) is 76.6 Å². The molecule has 2 aliphatic heterocycles. The standard InChI is InChI=1S/C18H32N2O6/c1-11(21)6-3-4-9-25-18-12(2)15(22)16(23)14(26-18)10-20-17(24)13-7-5-8-19-13/h12-16,18-19,22-23H,3-10H2,1-2H3,(H,20,24). The van der Waals surface area contributed by atoms with Gasteiger partial charge in [-0.1, -0.05) is 6.92 Å². The molecule has 4 N–H and O–H groups in total. The van der Waals surface area contributed by atoms with Crippen LogP contribution >= 0.6 is 0 Å². The molecule has 6 unspecified atom stereocenters. The summed E-state index contributed by atoms with van der Waals surface area (Å²) in [5.41, 5.74) is 0. The molecule has 26 heavy (non-hydrogen) atoms. The van der Waals surface area contributed by atoms with Gasteiger partial charge in [-0.25, -0.2) is 0 Å². The van der Waals surface area contributed by atoms with Gasteiger partial charge in [0.1, 0.15) is 18.0 Å². The van der Waals surface area contributed by atoms with E-state index in [1.165, 1.54) is 0 Å². The van der Waals surface area contributed by atoms with E-state index in [0.29, 0.717) is 13.0 Å². The smallest absolute Gasteiger partial charge is 0.237 e. The van der Waals surface area contributed by atoms with Crippen molar-refractivity contribution >= 4 is 11.7 Å². The molecule has 6 atom stereocenters. The zero-order chi connectivity index (χ0) is 19.1. The fourth-order valence-corrected chi connectivity index (χ4v) is 3.34. The number of hydrogen-bond donors (Lipinski definition) is 4. The average Bonchev–Trinajstić information content (AvgIpc) is 3.14. The third-order valence-corrected chi connectivity index (χ3v) is 5.07. The lowest BCUT2D eigenvalue weighted by Gasteiger charge is -2.41. The van der Waals surface area contributed by atoms with Gasteiger partial charge in [-0.05, 0) is 39.2 Å². The highest BCUT2D eigenvalue weighted by atomic mass is 16.7. The van der Waals surface area contributed by atoms with Crippen molar-refractivity contribution in [1.82, 2.24) is 10.6 Å². The number of nitrogens with one attached hydrogen (secondary N) is 2. The number of rotatable bonds is 9. The summed E-state index contributed by atoms with van der Waals surface area (Å²) in [7, 11) is 0. The molecule has 0 aliphatic carbocycles. The Bertz CT molecular complexity index is 469. The molecule has 0 radical (unpaired) electrons. The Morgan fingerprint density at radius 1 is 1.27 bits per heavy atom. The molecule has 2 heterocycles. The molecule has 2 fully saturated rings. The van der Waals surface area contributed by atoms with E-state index in [-0.39, 0.29) is 30.2 Å². The molecule has 0 bridgehead atoms. The third-order valence-electron chi connectivity index (χ3n) is 5.07. The highest BCUT2D eigenvalue weighted by Crippen LogP contribution is 2.27. The fourth-order valence-electron chi connectivity index (χ4n) is 3.34. The molecule has 8 nitrogen and oxygen atoms in total. The topological polar surface area (TPSA) is 117 Å². The van der Waals surface area contributed by atoms with Crippen molar-refractivity contribution in [2.75, 3.05) is 19.7 Å². The molecule has 0 spiro atoms. The van der Waals surface area contributed by atoms with Gasteiger partial charge in [0.15, 0.2) is 6.29 Å². The number of carbonyl (C=O) groups is 2. The van der Waals surface area contributed by atoms with Crippen molar-refractivity contribution in [3.63, 3.8) is 0 Å². The fraction of sp³-hybridized carbons (Fsp3) is 0.889. The maximum absolute atomic E-state index is 12.1. The quantitative estimate of drug-likeness (QED) is 0.411. The van der Waals surface area contributed by atoms with Crippen LogP contribution in [0.15, 0.2) is 0 Å². The van der Waals surface area contributed by atoms with Gasteiger partial charge in [-0.15, -0.1) is 0 Å². The highest BCUT2D eigenvalue weighted by Gasteiger charge is 2.42. The van der Waals surface area contributed by atoms with E-state index in [1.807, 2.05) is 0 Å². The van der Waals surface area contributed by atoms with Crippen LogP contribution in [-0.2, 0) is 19.1 Å². The predicted octanol–water partition coefficient (Wildman–Crippen LogP) is -0.287. The maximum Gasteiger partial charge on any atom is 0.237 e. The number of Topliss-reactive ketones (excluding diaryl/α,β-unsaturated/α-hetero) is 1. The predicted molar refractivity (Wildman–Crippen MR) is 94.4 cm³/mol. The minimum Gasteiger partial charge on any atom is -0.390 e. The second-order valence-electron chi connectivity index (χ2n) is 7.31. The highest BCUT2D eigenvalue weighted by molar-refractivity contribution is 5.82. The van der Waals surface area contributed by atoms with E-state index in [4.69, 9.17) is 9.47 Å². The van der Waals surface area contributed by atoms with Crippen LogP contribution in [0.2, 0.25) is 0 Å². The van der Waals surface area contributed by atoms with Crippen molar-refractivity contribution in [3.8, 4) is 0 Å². The molecule has 2 aliphatic rings. The molecule has 0 aromatic rings. The van der Waals surface area contributed by atoms with Gasteiger partial charge in [0, 0.05) is 25.5 Å². The van der Waals surface area contributed by atoms with E-state index in [1.54, 1.807) is 13.8 Å². The van der Waals surface area contributed by atoms with E-state index in [9.17, 15) is 19.8 Å². The number of ketones is 1. The van der Waals surface area contributed by atoms with Crippen LogP contribution in [-0.4, -0.2) is 72.2 Å². The van der Waals surface area contributed by atoms with Gasteiger partial charge in [0.2, 0.25) is 5.91 Å². The van der Waals surface area contributed by atoms with Crippen molar-refractivity contribution in [2.24, 2.45) is 5.92 Å². The average molecular weight is 372 g/mol. The Hall–Kier alpha value is -1.06. The van der Waals surface area contributed by atoms with Crippen LogP contribution in [0.3, 0.4) is 0 Å². The lowest BCUT2D eigenvalue weighted by molar-refractivity contribution is -0.275. The molecule has 0 aromatic carbocycles. The second-order valence-corrected chi connectivity index (χ2v) is 7.31. The summed E-state index contributed by atoms with van der Waals surface area (Å²) >= 11 is 0. The van der Waals surface area contributed by atoms with Crippen molar-refractivity contribution < 1.29 is 29.3 Å². The number of unbranched alkanes of at least 4 members (excludes halogenated alkanes) is 1. The number of aliphatic hydroxyl groups excluding tert-OH is 2. The zero-order valence-electron chi connectivity index (χ0n) is 15.6. The number of amides is 1. The number of ether oxygens (including phenoxy) is 2. The Morgan fingerprint density at radius 2 is 2.04 bits per heavy atom. The summed E-state index contributed by atoms with van der Waals surface area (Å²) in [5.74, 6) is -0.354. The molecule has 2 saturated heterocycles. The van der Waals surface area contributed by atoms with Crippen LogP contribution in [0, 0.1) is 5.92 Å². The monoisotopic (exact) mass is 372 g/mol. The molecular weight excluding hydrogens is 340 g/mol. The largest absolute Gasteiger partial charge is 0.390 e. The Morgan fingerprint density at radius 3 is 2.69 bits per heavy atom. The molecule has 8 heteroatoms. The van der Waals surface area contributed by atoms with Gasteiger partial charge in [0.25, 0.3) is 0 Å². The van der Waals surface area contributed by atoms with Gasteiger partial charge >= 0.3 is 0 Å². The van der Waals surface area contributed by atoms with Gasteiger partial charge < -0.3 is 35.1 Å². The molecule has 2 rings (SSSR count). The first-order valence-corrected chi connectivity index (χ1v) is 9.54. The molecule has 1 amide bonds. The Kier molecular flexibility index (Phi) is 8.43. The lowest BCUT2D eigenvalue weighted by Crippen LogP contribution is -2.58. The van der Waals surface area contributed by atoms with E-state index in [0.717, 1.165) is 32.2 Å². The summed E-state index contributed by atoms with van der Waals surface area (Å²) in [6.07, 6.45) is 0.301. The van der Waals surface area contributed by atoms with Crippen LogP contribution < -0.4 is 10.6 Å². The van der Waals surface area contributed by atoms with Gasteiger partial charge in [-0.2, -0.15) is 0 Å². The Labute approximate surface area is 154 Å². The number of hydrogen-bond acceptors (Lipinski definition) is 7. The minimum atomic E-state index is -1.08. The van der Waals surface area contributed by atoms with Gasteiger partial charge in [0.05, 0.1) is 12.1 Å². The van der Waals surface area contributed by atoms with Crippen LogP contribution in [0.25, 0.3) is 0 Å². The maximum atomic E-state index is 12.1. The summed E-state index contributed by atoms with van der Waals surface area (Å²) in [6, 6.07) is -0.201. The number of carbonyl (C=O) groups excluding carboxylic acids is 2. The summed E-state index contributed by atoms with van der Waals surface area (Å²) < 4.78 is 11.5. The lowest BCUT2D eigenvalue weighted by atomic mass is 9.92. The SMILES string of the molecule is CC(=O)CCCCOC1OC(CNC(=O)C2CCCN2)C(O)C(O)C1C. The van der Waals surface area contributed by atoms with Crippen LogP contribution in [0.1, 0.15) is 46.0 Å². The first-order valence-electron chi connectivity index (χ1n) is 9.54. The van der Waals surface area contributed by atoms with E-state index < -0.39 is 24.6 Å². The minimum absolute atomic E-state index is 0.117. The van der Waals surface area contributed by atoms with Crippen molar-refractivity contribution in [1.29, 1.82) is 0 Å². The second kappa shape index (κ2) is 10.3. The molecular formula is C18H32N2O6. The van der Waals surface area contributed by atoms with Crippen molar-refractivity contribution in [3.05, 3.63) is 0 Å². The Balaban J connectivity index is 1.78. The van der Waals surface area contributed by atoms with Gasteiger partial charge in [-0.3, -0.25) is 4.79 Å². The third kappa shape index (κ3) is 5.99. The zero-order valence-corrected chi connectivity index (χ0v) is 15.6. The summed E-state index contributed by atoms with van der Waals surface area (Å²) in [6.45, 7) is 4.68. The molecule has 0 aromatic heterocycles.